The molecule has 0 saturated carbocycles. The molecule has 0 N–H and O–H groups in total. The molecule has 1 aromatic heterocycles. The molecule has 1 nitrogen and oxygen atoms in total. The van der Waals surface area contributed by atoms with Gasteiger partial charge in [0.05, 0.1) is 0 Å². The summed E-state index contributed by atoms with van der Waals surface area (Å²) in [5, 5.41) is 0. The second-order valence-electron chi connectivity index (χ2n) is 2.50. The maximum atomic E-state index is 12.5. The normalized spacial score (nSPS) is 10.1. The molecule has 0 unspecified atom stereocenters. The molecule has 2 aromatic rings. The highest BCUT2D eigenvalue weighted by Crippen LogP contribution is 2.08. The van der Waals surface area contributed by atoms with E-state index in [2.05, 4.69) is 6.07 Å². The van der Waals surface area contributed by atoms with Gasteiger partial charge in [-0.2, -0.15) is 0 Å². The minimum absolute atomic E-state index is 0.213. The van der Waals surface area contributed by atoms with Crippen molar-refractivity contribution >= 4 is 0 Å². The molecule has 0 amide bonds. The topological polar surface area (TPSA) is 4.93 Å². The van der Waals surface area contributed by atoms with Crippen LogP contribution in [0.15, 0.2) is 42.7 Å². The molecule has 0 aliphatic heterocycles. The van der Waals surface area contributed by atoms with Crippen LogP contribution in [0.4, 0.5) is 4.39 Å². The molecule has 12 heavy (non-hydrogen) atoms. The van der Waals surface area contributed by atoms with Crippen molar-refractivity contribution in [1.29, 1.82) is 0 Å². The van der Waals surface area contributed by atoms with Gasteiger partial charge in [0.15, 0.2) is 0 Å². The minimum Gasteiger partial charge on any atom is -0.323 e. The third-order valence-electron chi connectivity index (χ3n) is 1.67. The van der Waals surface area contributed by atoms with E-state index < -0.39 is 0 Å². The lowest BCUT2D eigenvalue weighted by molar-refractivity contribution is 0.627. The van der Waals surface area contributed by atoms with Crippen LogP contribution in [0.25, 0.3) is 5.69 Å². The molecular formula is C10H7FN. The van der Waals surface area contributed by atoms with Crippen molar-refractivity contribution in [1.82, 2.24) is 4.57 Å². The zero-order valence-corrected chi connectivity index (χ0v) is 6.37. The number of hydrogen-bond acceptors (Lipinski definition) is 0. The molecule has 0 fully saturated rings. The van der Waals surface area contributed by atoms with Crippen LogP contribution >= 0.6 is 0 Å². The Hall–Kier alpha value is -1.57. The van der Waals surface area contributed by atoms with Gasteiger partial charge >= 0.3 is 0 Å². The summed E-state index contributed by atoms with van der Waals surface area (Å²) in [7, 11) is 0. The maximum absolute atomic E-state index is 12.5. The third-order valence-corrected chi connectivity index (χ3v) is 1.67. The van der Waals surface area contributed by atoms with Gasteiger partial charge < -0.3 is 4.57 Å². The summed E-state index contributed by atoms with van der Waals surface area (Å²) in [4.78, 5) is 0. The fraction of sp³-hybridized carbons (Fsp3) is 0. The van der Waals surface area contributed by atoms with E-state index >= 15 is 0 Å². The first-order valence-corrected chi connectivity index (χ1v) is 3.66. The predicted octanol–water partition coefficient (Wildman–Crippen LogP) is 2.42. The van der Waals surface area contributed by atoms with Gasteiger partial charge in [-0.25, -0.2) is 4.39 Å². The van der Waals surface area contributed by atoms with Crippen molar-refractivity contribution < 1.29 is 4.39 Å². The van der Waals surface area contributed by atoms with Crippen molar-refractivity contribution in [2.75, 3.05) is 0 Å². The van der Waals surface area contributed by atoms with Crippen LogP contribution in [0.1, 0.15) is 0 Å². The van der Waals surface area contributed by atoms with E-state index in [-0.39, 0.29) is 5.82 Å². The quantitative estimate of drug-likeness (QED) is 0.603. The highest BCUT2D eigenvalue weighted by Gasteiger charge is 1.93. The first-order chi connectivity index (χ1) is 5.86. The van der Waals surface area contributed by atoms with Crippen molar-refractivity contribution in [3.8, 4) is 5.69 Å². The SMILES string of the molecule is Fc1ccc(-n2c[c]cc2)cc1. The molecule has 0 saturated heterocycles. The van der Waals surface area contributed by atoms with Gasteiger partial charge in [0.2, 0.25) is 0 Å². The van der Waals surface area contributed by atoms with Crippen molar-refractivity contribution in [2.24, 2.45) is 0 Å². The number of rotatable bonds is 1. The van der Waals surface area contributed by atoms with Crippen molar-refractivity contribution in [3.63, 3.8) is 0 Å². The van der Waals surface area contributed by atoms with E-state index in [0.717, 1.165) is 5.69 Å². The van der Waals surface area contributed by atoms with Gasteiger partial charge in [0.1, 0.15) is 5.82 Å². The Labute approximate surface area is 70.1 Å². The summed E-state index contributed by atoms with van der Waals surface area (Å²) in [5.41, 5.74) is 0.942. The Morgan fingerprint density at radius 3 is 2.50 bits per heavy atom. The highest BCUT2D eigenvalue weighted by molar-refractivity contribution is 5.32. The zero-order chi connectivity index (χ0) is 8.39. The summed E-state index contributed by atoms with van der Waals surface area (Å²) < 4.78 is 14.4. The van der Waals surface area contributed by atoms with Gasteiger partial charge in [-0.1, -0.05) is 0 Å². The molecule has 2 rings (SSSR count). The van der Waals surface area contributed by atoms with E-state index in [0.29, 0.717) is 0 Å². The lowest BCUT2D eigenvalue weighted by Gasteiger charge is -2.00. The Balaban J connectivity index is 2.43. The average molecular weight is 160 g/mol. The van der Waals surface area contributed by atoms with Gasteiger partial charge in [0, 0.05) is 24.1 Å². The monoisotopic (exact) mass is 160 g/mol. The Morgan fingerprint density at radius 2 is 1.92 bits per heavy atom. The van der Waals surface area contributed by atoms with E-state index in [9.17, 15) is 4.39 Å². The van der Waals surface area contributed by atoms with Gasteiger partial charge in [-0.05, 0) is 30.3 Å². The summed E-state index contributed by atoms with van der Waals surface area (Å²) in [6, 6.07) is 11.1. The number of benzene rings is 1. The lowest BCUT2D eigenvalue weighted by Crippen LogP contribution is -1.88. The van der Waals surface area contributed by atoms with Crippen LogP contribution < -0.4 is 0 Å². The molecule has 2 heteroatoms. The van der Waals surface area contributed by atoms with Crippen LogP contribution in [-0.4, -0.2) is 4.57 Å². The summed E-state index contributed by atoms with van der Waals surface area (Å²) in [5.74, 6) is -0.213. The first kappa shape index (κ1) is 7.10. The summed E-state index contributed by atoms with van der Waals surface area (Å²) >= 11 is 0. The van der Waals surface area contributed by atoms with Crippen molar-refractivity contribution in [3.05, 3.63) is 54.6 Å². The minimum atomic E-state index is -0.213. The molecule has 1 radical (unpaired) electrons. The number of aromatic nitrogens is 1. The smallest absolute Gasteiger partial charge is 0.123 e. The lowest BCUT2D eigenvalue weighted by atomic mass is 10.3. The van der Waals surface area contributed by atoms with Gasteiger partial charge in [0.25, 0.3) is 0 Å². The molecule has 1 heterocycles. The molecule has 0 aliphatic carbocycles. The highest BCUT2D eigenvalue weighted by atomic mass is 19.1. The fourth-order valence-electron chi connectivity index (χ4n) is 1.06. The van der Waals surface area contributed by atoms with Crippen LogP contribution in [0.3, 0.4) is 0 Å². The van der Waals surface area contributed by atoms with Crippen LogP contribution in [-0.2, 0) is 0 Å². The van der Waals surface area contributed by atoms with Crippen molar-refractivity contribution in [2.45, 2.75) is 0 Å². The van der Waals surface area contributed by atoms with Crippen LogP contribution in [0.5, 0.6) is 0 Å². The molecule has 0 aliphatic rings. The third kappa shape index (κ3) is 1.23. The predicted molar refractivity (Wildman–Crippen MR) is 44.6 cm³/mol. The molecular weight excluding hydrogens is 153 g/mol. The number of halogens is 1. The number of hydrogen-bond donors (Lipinski definition) is 0. The van der Waals surface area contributed by atoms with E-state index in [4.69, 9.17) is 0 Å². The summed E-state index contributed by atoms with van der Waals surface area (Å²) in [6.07, 6.45) is 3.67. The standard InChI is InChI=1S/C10H7FN/c11-9-3-5-10(6-4-9)12-7-1-2-8-12/h1,3-8H. The molecule has 59 valence electrons. The fourth-order valence-corrected chi connectivity index (χ4v) is 1.06. The van der Waals surface area contributed by atoms with E-state index in [1.165, 1.54) is 12.1 Å². The Morgan fingerprint density at radius 1 is 1.17 bits per heavy atom. The van der Waals surface area contributed by atoms with E-state index in [1.54, 1.807) is 18.3 Å². The summed E-state index contributed by atoms with van der Waals surface area (Å²) in [6.45, 7) is 0. The van der Waals surface area contributed by atoms with E-state index in [1.807, 2.05) is 16.8 Å². The van der Waals surface area contributed by atoms with Crippen LogP contribution in [0.2, 0.25) is 0 Å². The zero-order valence-electron chi connectivity index (χ0n) is 6.37. The maximum Gasteiger partial charge on any atom is 0.123 e. The molecule has 0 bridgehead atoms. The van der Waals surface area contributed by atoms with Crippen LogP contribution in [0, 0.1) is 11.9 Å². The molecule has 0 spiro atoms. The average Bonchev–Trinajstić information content (AvgIpc) is 2.58. The molecule has 0 atom stereocenters. The molecule has 1 aromatic carbocycles. The second-order valence-corrected chi connectivity index (χ2v) is 2.50. The second kappa shape index (κ2) is 2.81. The first-order valence-electron chi connectivity index (χ1n) is 3.66. The van der Waals surface area contributed by atoms with Gasteiger partial charge in [-0.15, -0.1) is 0 Å². The Bertz CT molecular complexity index is 348. The Kier molecular flexibility index (Phi) is 1.67. The number of nitrogens with zero attached hydrogens (tertiary/aromatic N) is 1. The largest absolute Gasteiger partial charge is 0.323 e. The van der Waals surface area contributed by atoms with Gasteiger partial charge in [-0.3, -0.25) is 0 Å².